The lowest BCUT2D eigenvalue weighted by Gasteiger charge is -2.13. The Morgan fingerprint density at radius 1 is 1.48 bits per heavy atom. The molecule has 1 fully saturated rings. The number of hydrogen-bond donors (Lipinski definition) is 3. The maximum absolute atomic E-state index is 12.3. The Morgan fingerprint density at radius 3 is 2.76 bits per heavy atom. The second-order valence-corrected chi connectivity index (χ2v) is 7.30. The molecule has 21 heavy (non-hydrogen) atoms. The number of carbonyl (C=O) groups is 1. The van der Waals surface area contributed by atoms with E-state index >= 15 is 0 Å². The highest BCUT2D eigenvalue weighted by Gasteiger charge is 2.28. The molecule has 8 heteroatoms. The number of hydrogen-bond acceptors (Lipinski definition) is 4. The quantitative estimate of drug-likeness (QED) is 0.695. The number of aliphatic hydroxyl groups is 1. The summed E-state index contributed by atoms with van der Waals surface area (Å²) in [6.45, 7) is 3.19. The molecule has 1 amide bonds. The summed E-state index contributed by atoms with van der Waals surface area (Å²) in [6, 6.07) is 1.35. The normalized spacial score (nSPS) is 17.8. The van der Waals surface area contributed by atoms with Crippen LogP contribution in [0.1, 0.15) is 30.3 Å². The van der Waals surface area contributed by atoms with Crippen LogP contribution in [0.4, 0.5) is 0 Å². The molecular formula is C13H21N3O4S. The van der Waals surface area contributed by atoms with Crippen molar-refractivity contribution in [1.29, 1.82) is 0 Å². The van der Waals surface area contributed by atoms with E-state index in [1.165, 1.54) is 16.6 Å². The first-order valence-corrected chi connectivity index (χ1v) is 8.47. The van der Waals surface area contributed by atoms with Crippen molar-refractivity contribution >= 4 is 15.9 Å². The van der Waals surface area contributed by atoms with Crippen molar-refractivity contribution in [2.75, 3.05) is 26.2 Å². The Labute approximate surface area is 124 Å². The second kappa shape index (κ2) is 6.59. The molecule has 1 aromatic rings. The molecule has 0 bridgehead atoms. The van der Waals surface area contributed by atoms with Gasteiger partial charge in [-0.05, 0) is 24.8 Å². The smallest absolute Gasteiger partial charge is 0.267 e. The summed E-state index contributed by atoms with van der Waals surface area (Å²) in [7, 11) is -3.51. The summed E-state index contributed by atoms with van der Waals surface area (Å²) in [5.41, 5.74) is 0.206. The van der Waals surface area contributed by atoms with Crippen LogP contribution in [0.2, 0.25) is 0 Å². The lowest BCUT2D eigenvalue weighted by molar-refractivity contribution is 0.0938. The van der Waals surface area contributed by atoms with E-state index in [0.717, 1.165) is 12.8 Å². The predicted octanol–water partition coefficient (Wildman–Crippen LogP) is 0.157. The van der Waals surface area contributed by atoms with Gasteiger partial charge in [0.25, 0.3) is 5.91 Å². The van der Waals surface area contributed by atoms with Gasteiger partial charge in [-0.3, -0.25) is 4.79 Å². The Hall–Kier alpha value is -1.38. The fourth-order valence-electron chi connectivity index (χ4n) is 2.16. The van der Waals surface area contributed by atoms with Gasteiger partial charge in [0.15, 0.2) is 0 Å². The Kier molecular flexibility index (Phi) is 5.02. The fourth-order valence-corrected chi connectivity index (χ4v) is 3.67. The number of sulfonamides is 1. The van der Waals surface area contributed by atoms with Crippen LogP contribution in [-0.4, -0.2) is 55.0 Å². The minimum absolute atomic E-state index is 0.0143. The number of nitrogens with zero attached hydrogens (tertiary/aromatic N) is 1. The van der Waals surface area contributed by atoms with Gasteiger partial charge in [-0.15, -0.1) is 0 Å². The van der Waals surface area contributed by atoms with Gasteiger partial charge in [-0.25, -0.2) is 8.42 Å². The lowest BCUT2D eigenvalue weighted by atomic mass is 10.2. The number of aromatic amines is 1. The largest absolute Gasteiger partial charge is 0.396 e. The molecule has 1 atom stereocenters. The molecule has 1 aliphatic heterocycles. The highest BCUT2D eigenvalue weighted by atomic mass is 32.2. The standard InChI is InChI=1S/C13H21N3O4S/c1-10(9-17)7-15-13(18)12-6-11(8-14-12)21(19,20)16-4-2-3-5-16/h6,8,10,14,17H,2-5,7,9H2,1H3,(H,15,18). The average Bonchev–Trinajstić information content (AvgIpc) is 3.14. The van der Waals surface area contributed by atoms with E-state index in [9.17, 15) is 13.2 Å². The molecule has 1 aliphatic rings. The van der Waals surface area contributed by atoms with Crippen LogP contribution in [0, 0.1) is 5.92 Å². The molecule has 1 saturated heterocycles. The van der Waals surface area contributed by atoms with Gasteiger partial charge >= 0.3 is 0 Å². The van der Waals surface area contributed by atoms with Crippen LogP contribution >= 0.6 is 0 Å². The third-order valence-electron chi connectivity index (χ3n) is 3.53. The summed E-state index contributed by atoms with van der Waals surface area (Å²) in [6.07, 6.45) is 3.09. The second-order valence-electron chi connectivity index (χ2n) is 5.36. The number of aliphatic hydroxyl groups excluding tert-OH is 1. The van der Waals surface area contributed by atoms with Crippen LogP contribution in [0.25, 0.3) is 0 Å². The summed E-state index contributed by atoms with van der Waals surface area (Å²) in [5, 5.41) is 11.6. The van der Waals surface area contributed by atoms with E-state index in [4.69, 9.17) is 5.11 Å². The monoisotopic (exact) mass is 315 g/mol. The summed E-state index contributed by atoms with van der Waals surface area (Å²) < 4.78 is 26.1. The van der Waals surface area contributed by atoms with E-state index in [1.807, 2.05) is 0 Å². The van der Waals surface area contributed by atoms with Crippen molar-refractivity contribution in [3.8, 4) is 0 Å². The number of aromatic nitrogens is 1. The fraction of sp³-hybridized carbons (Fsp3) is 0.615. The lowest BCUT2D eigenvalue weighted by Crippen LogP contribution is -2.30. The highest BCUT2D eigenvalue weighted by molar-refractivity contribution is 7.89. The molecule has 1 aromatic heterocycles. The zero-order valence-electron chi connectivity index (χ0n) is 12.0. The molecule has 118 valence electrons. The minimum atomic E-state index is -3.51. The number of amides is 1. The van der Waals surface area contributed by atoms with Gasteiger partial charge in [-0.2, -0.15) is 4.31 Å². The molecular weight excluding hydrogens is 294 g/mol. The zero-order chi connectivity index (χ0) is 15.5. The SMILES string of the molecule is CC(CO)CNC(=O)c1cc(S(=O)(=O)N2CCCC2)c[nH]1. The molecule has 0 saturated carbocycles. The molecule has 3 N–H and O–H groups in total. The summed E-state index contributed by atoms with van der Waals surface area (Å²) in [5.74, 6) is -0.421. The van der Waals surface area contributed by atoms with Crippen LogP contribution in [0.3, 0.4) is 0 Å². The minimum Gasteiger partial charge on any atom is -0.396 e. The number of H-pyrrole nitrogens is 1. The van der Waals surface area contributed by atoms with E-state index < -0.39 is 10.0 Å². The molecule has 7 nitrogen and oxygen atoms in total. The van der Waals surface area contributed by atoms with Gasteiger partial charge in [0, 0.05) is 32.4 Å². The van der Waals surface area contributed by atoms with E-state index in [-0.39, 0.29) is 29.0 Å². The number of nitrogens with one attached hydrogen (secondary N) is 2. The van der Waals surface area contributed by atoms with Crippen LogP contribution in [0.5, 0.6) is 0 Å². The number of carbonyl (C=O) groups excluding carboxylic acids is 1. The molecule has 0 aliphatic carbocycles. The first-order chi connectivity index (χ1) is 9.95. The summed E-state index contributed by atoms with van der Waals surface area (Å²) in [4.78, 5) is 14.7. The van der Waals surface area contributed by atoms with Crippen molar-refractivity contribution in [1.82, 2.24) is 14.6 Å². The molecule has 2 heterocycles. The van der Waals surface area contributed by atoms with Crippen LogP contribution in [-0.2, 0) is 10.0 Å². The Morgan fingerprint density at radius 2 is 2.14 bits per heavy atom. The van der Waals surface area contributed by atoms with Gasteiger partial charge in [0.1, 0.15) is 10.6 Å². The third kappa shape index (κ3) is 3.63. The third-order valence-corrected chi connectivity index (χ3v) is 5.40. The van der Waals surface area contributed by atoms with Crippen molar-refractivity contribution in [2.24, 2.45) is 5.92 Å². The Bertz CT molecular complexity index is 590. The van der Waals surface area contributed by atoms with Crippen LogP contribution < -0.4 is 5.32 Å². The molecule has 0 spiro atoms. The van der Waals surface area contributed by atoms with Crippen molar-refractivity contribution in [2.45, 2.75) is 24.7 Å². The molecule has 0 radical (unpaired) electrons. The average molecular weight is 315 g/mol. The van der Waals surface area contributed by atoms with Crippen molar-refractivity contribution in [3.63, 3.8) is 0 Å². The number of rotatable bonds is 6. The summed E-state index contributed by atoms with van der Waals surface area (Å²) >= 11 is 0. The van der Waals surface area contributed by atoms with Crippen molar-refractivity contribution in [3.05, 3.63) is 18.0 Å². The van der Waals surface area contributed by atoms with E-state index in [1.54, 1.807) is 6.92 Å². The van der Waals surface area contributed by atoms with Crippen LogP contribution in [0.15, 0.2) is 17.2 Å². The Balaban J connectivity index is 2.05. The molecule has 1 unspecified atom stereocenters. The van der Waals surface area contributed by atoms with Gasteiger partial charge in [0.2, 0.25) is 10.0 Å². The zero-order valence-corrected chi connectivity index (χ0v) is 12.8. The van der Waals surface area contributed by atoms with Gasteiger partial charge < -0.3 is 15.4 Å². The maximum atomic E-state index is 12.3. The van der Waals surface area contributed by atoms with Gasteiger partial charge in [0.05, 0.1) is 0 Å². The highest BCUT2D eigenvalue weighted by Crippen LogP contribution is 2.21. The first-order valence-electron chi connectivity index (χ1n) is 7.02. The molecule has 0 aromatic carbocycles. The topological polar surface area (TPSA) is 102 Å². The van der Waals surface area contributed by atoms with E-state index in [0.29, 0.717) is 19.6 Å². The maximum Gasteiger partial charge on any atom is 0.267 e. The van der Waals surface area contributed by atoms with Gasteiger partial charge in [-0.1, -0.05) is 6.92 Å². The van der Waals surface area contributed by atoms with Crippen molar-refractivity contribution < 1.29 is 18.3 Å². The van der Waals surface area contributed by atoms with E-state index in [2.05, 4.69) is 10.3 Å². The predicted molar refractivity (Wildman–Crippen MR) is 77.4 cm³/mol. The molecule has 2 rings (SSSR count). The first kappa shape index (κ1) is 16.0.